The van der Waals surface area contributed by atoms with Crippen LogP contribution in [-0.2, 0) is 27.5 Å². The Labute approximate surface area is 122 Å². The zero-order valence-electron chi connectivity index (χ0n) is 13.0. The molecule has 7 heteroatoms. The average molecular weight is 306 g/mol. The van der Waals surface area contributed by atoms with Gasteiger partial charge in [-0.05, 0) is 34.6 Å². The summed E-state index contributed by atoms with van der Waals surface area (Å²) >= 11 is 0. The molecule has 0 bridgehead atoms. The molecule has 0 radical (unpaired) electrons. The fourth-order valence-corrected chi connectivity index (χ4v) is 4.21. The third-order valence-corrected chi connectivity index (χ3v) is 5.58. The van der Waals surface area contributed by atoms with Crippen molar-refractivity contribution in [1.29, 1.82) is 0 Å². The van der Waals surface area contributed by atoms with Crippen molar-refractivity contribution in [2.45, 2.75) is 46.6 Å². The van der Waals surface area contributed by atoms with Crippen molar-refractivity contribution in [3.63, 3.8) is 0 Å². The van der Waals surface area contributed by atoms with Crippen LogP contribution < -0.4 is 0 Å². The van der Waals surface area contributed by atoms with Gasteiger partial charge in [-0.25, -0.2) is 4.79 Å². The van der Waals surface area contributed by atoms with Crippen molar-refractivity contribution in [3.05, 3.63) is 12.7 Å². The number of hydrogen-bond acceptors (Lipinski definition) is 6. The van der Waals surface area contributed by atoms with Crippen LogP contribution in [0.1, 0.15) is 34.6 Å². The van der Waals surface area contributed by atoms with Gasteiger partial charge in [0.1, 0.15) is 5.73 Å². The molecule has 0 aliphatic heterocycles. The molecule has 2 unspecified atom stereocenters. The van der Waals surface area contributed by atoms with Gasteiger partial charge in [0.15, 0.2) is 0 Å². The molecule has 0 aliphatic carbocycles. The monoisotopic (exact) mass is 306 g/mol. The number of ether oxygens (including phenoxy) is 2. The van der Waals surface area contributed by atoms with E-state index >= 15 is 0 Å². The molecule has 0 saturated carbocycles. The molecule has 118 valence electrons. The second-order valence-electron chi connectivity index (χ2n) is 3.89. The minimum Gasteiger partial charge on any atom is -0.433 e. The molecule has 20 heavy (non-hydrogen) atoms. The fourth-order valence-electron chi connectivity index (χ4n) is 1.69. The summed E-state index contributed by atoms with van der Waals surface area (Å²) in [4.78, 5) is 11.1. The van der Waals surface area contributed by atoms with Gasteiger partial charge in [-0.15, -0.1) is 0 Å². The number of hydrogen-bond donors (Lipinski definition) is 0. The van der Waals surface area contributed by atoms with E-state index in [9.17, 15) is 4.79 Å². The highest BCUT2D eigenvalue weighted by Crippen LogP contribution is 2.19. The largest absolute Gasteiger partial charge is 0.531 e. The van der Waals surface area contributed by atoms with Gasteiger partial charge < -0.3 is 22.8 Å². The predicted octanol–water partition coefficient (Wildman–Crippen LogP) is 2.05. The zero-order chi connectivity index (χ0) is 15.6. The molecule has 0 fully saturated rings. The topological polar surface area (TPSA) is 63.2 Å². The quantitative estimate of drug-likeness (QED) is 0.252. The van der Waals surface area contributed by atoms with E-state index in [0.29, 0.717) is 19.8 Å². The van der Waals surface area contributed by atoms with Crippen LogP contribution in [0.5, 0.6) is 0 Å². The van der Waals surface area contributed by atoms with Crippen LogP contribution in [0.2, 0.25) is 0 Å². The lowest BCUT2D eigenvalue weighted by molar-refractivity contribution is -0.177. The molecule has 0 aromatic carbocycles. The van der Waals surface area contributed by atoms with Crippen molar-refractivity contribution in [3.8, 4) is 0 Å². The Bertz CT molecular complexity index is 280. The van der Waals surface area contributed by atoms with Crippen molar-refractivity contribution >= 4 is 14.8 Å². The van der Waals surface area contributed by atoms with Gasteiger partial charge in [-0.1, -0.05) is 6.58 Å². The Morgan fingerprint density at radius 1 is 1.10 bits per heavy atom. The van der Waals surface area contributed by atoms with Gasteiger partial charge in [-0.3, -0.25) is 0 Å². The summed E-state index contributed by atoms with van der Waals surface area (Å²) in [6, 6.07) is 0. The SMILES string of the molecule is C=CC(=O)OC(C)OC(C)[Si](OCC)(OCC)OCC. The van der Waals surface area contributed by atoms with E-state index in [0.717, 1.165) is 6.08 Å². The average Bonchev–Trinajstić information content (AvgIpc) is 2.39. The van der Waals surface area contributed by atoms with Gasteiger partial charge in [0.2, 0.25) is 6.29 Å². The highest BCUT2D eigenvalue weighted by atomic mass is 28.4. The van der Waals surface area contributed by atoms with Gasteiger partial charge in [0, 0.05) is 25.9 Å². The first-order chi connectivity index (χ1) is 9.45. The maximum atomic E-state index is 11.1. The number of esters is 1. The van der Waals surface area contributed by atoms with E-state index in [1.54, 1.807) is 13.8 Å². The van der Waals surface area contributed by atoms with Crippen LogP contribution in [-0.4, -0.2) is 46.6 Å². The molecule has 0 heterocycles. The van der Waals surface area contributed by atoms with Gasteiger partial charge in [-0.2, -0.15) is 0 Å². The normalized spacial score (nSPS) is 14.7. The predicted molar refractivity (Wildman–Crippen MR) is 76.9 cm³/mol. The summed E-state index contributed by atoms with van der Waals surface area (Å²) in [5.41, 5.74) is -0.449. The lowest BCUT2D eigenvalue weighted by atomic mass is 10.6. The highest BCUT2D eigenvalue weighted by molar-refractivity contribution is 6.62. The second kappa shape index (κ2) is 10.1. The fraction of sp³-hybridized carbons (Fsp3) is 0.769. The third-order valence-electron chi connectivity index (χ3n) is 2.38. The molecule has 0 amide bonds. The summed E-state index contributed by atoms with van der Waals surface area (Å²) in [5, 5.41) is 0. The van der Waals surface area contributed by atoms with E-state index in [-0.39, 0.29) is 0 Å². The molecule has 0 aromatic rings. The van der Waals surface area contributed by atoms with Crippen LogP contribution >= 0.6 is 0 Å². The van der Waals surface area contributed by atoms with Crippen molar-refractivity contribution < 1.29 is 27.5 Å². The molecule has 0 aromatic heterocycles. The Hall–Kier alpha value is -0.733. The molecule has 6 nitrogen and oxygen atoms in total. The molecule has 2 atom stereocenters. The first kappa shape index (κ1) is 19.3. The summed E-state index contributed by atoms with van der Waals surface area (Å²) in [5.74, 6) is -0.541. The van der Waals surface area contributed by atoms with Crippen molar-refractivity contribution in [2.75, 3.05) is 19.8 Å². The number of carbonyl (C=O) groups excluding carboxylic acids is 1. The van der Waals surface area contributed by atoms with E-state index in [1.165, 1.54) is 0 Å². The standard InChI is InChI=1S/C13H26O6Si/c1-7-13(14)19-11(5)18-12(6)20(15-8-2,16-9-3)17-10-4/h7,11-12H,1,8-10H2,2-6H3. The highest BCUT2D eigenvalue weighted by Gasteiger charge is 2.48. The maximum Gasteiger partial charge on any atom is 0.531 e. The number of rotatable bonds is 11. The zero-order valence-corrected chi connectivity index (χ0v) is 14.0. The van der Waals surface area contributed by atoms with E-state index in [2.05, 4.69) is 6.58 Å². The van der Waals surface area contributed by atoms with E-state index in [4.69, 9.17) is 22.8 Å². The Balaban J connectivity index is 4.78. The first-order valence-electron chi connectivity index (χ1n) is 6.86. The summed E-state index contributed by atoms with van der Waals surface area (Å²) in [6.07, 6.45) is 0.354. The molecule has 0 N–H and O–H groups in total. The van der Waals surface area contributed by atoms with Crippen LogP contribution in [0.25, 0.3) is 0 Å². The van der Waals surface area contributed by atoms with Crippen LogP contribution in [0.3, 0.4) is 0 Å². The lowest BCUT2D eigenvalue weighted by Gasteiger charge is -2.34. The number of carbonyl (C=O) groups is 1. The molecular formula is C13H26O6Si. The van der Waals surface area contributed by atoms with Crippen LogP contribution in [0, 0.1) is 0 Å². The Morgan fingerprint density at radius 3 is 1.90 bits per heavy atom. The summed E-state index contributed by atoms with van der Waals surface area (Å²) < 4.78 is 27.8. The molecule has 0 spiro atoms. The Kier molecular flexibility index (Phi) is 9.69. The summed E-state index contributed by atoms with van der Waals surface area (Å²) in [6.45, 7) is 13.7. The Morgan fingerprint density at radius 2 is 1.55 bits per heavy atom. The van der Waals surface area contributed by atoms with Crippen LogP contribution in [0.4, 0.5) is 0 Å². The van der Waals surface area contributed by atoms with E-state index < -0.39 is 26.8 Å². The minimum atomic E-state index is -2.96. The van der Waals surface area contributed by atoms with Crippen LogP contribution in [0.15, 0.2) is 12.7 Å². The van der Waals surface area contributed by atoms with E-state index in [1.807, 2.05) is 20.8 Å². The van der Waals surface area contributed by atoms with Gasteiger partial charge in [0.05, 0.1) is 0 Å². The minimum absolute atomic E-state index is 0.449. The molecular weight excluding hydrogens is 280 g/mol. The second-order valence-corrected chi connectivity index (χ2v) is 6.78. The smallest absolute Gasteiger partial charge is 0.433 e. The van der Waals surface area contributed by atoms with Gasteiger partial charge in [0.25, 0.3) is 0 Å². The third kappa shape index (κ3) is 6.15. The molecule has 0 saturated heterocycles. The first-order valence-corrected chi connectivity index (χ1v) is 8.66. The van der Waals surface area contributed by atoms with Crippen molar-refractivity contribution in [2.24, 2.45) is 0 Å². The van der Waals surface area contributed by atoms with Crippen molar-refractivity contribution in [1.82, 2.24) is 0 Å². The molecule has 0 aliphatic rings. The molecule has 0 rings (SSSR count). The lowest BCUT2D eigenvalue weighted by Crippen LogP contribution is -2.57. The van der Waals surface area contributed by atoms with Gasteiger partial charge >= 0.3 is 14.8 Å². The maximum absolute atomic E-state index is 11.1. The summed E-state index contributed by atoms with van der Waals surface area (Å²) in [7, 11) is -2.96.